The molecule has 3 rings (SSSR count). The van der Waals surface area contributed by atoms with Gasteiger partial charge in [-0.3, -0.25) is 4.55 Å². The third-order valence-corrected chi connectivity index (χ3v) is 3.94. The van der Waals surface area contributed by atoms with Gasteiger partial charge in [0.1, 0.15) is 10.7 Å². The van der Waals surface area contributed by atoms with Crippen molar-refractivity contribution in [2.45, 2.75) is 4.90 Å². The Labute approximate surface area is 153 Å². The van der Waals surface area contributed by atoms with Crippen LogP contribution >= 0.6 is 0 Å². The first-order valence-electron chi connectivity index (χ1n) is 7.03. The number of anilines is 4. The van der Waals surface area contributed by atoms with E-state index in [1.165, 1.54) is 0 Å². The van der Waals surface area contributed by atoms with Gasteiger partial charge in [0.15, 0.2) is 0 Å². The van der Waals surface area contributed by atoms with E-state index >= 15 is 0 Å². The number of rotatable bonds is 5. The van der Waals surface area contributed by atoms with Crippen molar-refractivity contribution in [3.63, 3.8) is 0 Å². The van der Waals surface area contributed by atoms with Crippen LogP contribution < -0.4 is 10.6 Å². The van der Waals surface area contributed by atoms with E-state index in [1.807, 2.05) is 0 Å². The van der Waals surface area contributed by atoms with Crippen LogP contribution in [-0.4, -0.2) is 37.9 Å². The maximum atomic E-state index is 13.1. The summed E-state index contributed by atoms with van der Waals surface area (Å²) < 4.78 is 84.7. The van der Waals surface area contributed by atoms with Crippen LogP contribution in [0, 0.1) is 24.2 Å². The maximum Gasteiger partial charge on any atom is 0.315 e. The van der Waals surface area contributed by atoms with Crippen molar-refractivity contribution in [2.24, 2.45) is 0 Å². The molecule has 0 unspecified atom stereocenters. The van der Waals surface area contributed by atoms with Crippen LogP contribution in [0.25, 0.3) is 0 Å². The second-order valence-corrected chi connectivity index (χ2v) is 6.37. The smallest absolute Gasteiger partial charge is 0.315 e. The molecule has 146 valence electrons. The minimum absolute atomic E-state index is 0.0300. The number of nitrogens with zero attached hydrogens (tertiary/aromatic N) is 5. The SMILES string of the molecule is O=S(=O)(O)c1ccc(Nc2cc(F)nc(F)n2)cc1Nc1nc(F)nc(F)n1. The van der Waals surface area contributed by atoms with Crippen molar-refractivity contribution < 1.29 is 30.5 Å². The molecule has 15 heteroatoms. The molecule has 0 aliphatic carbocycles. The number of halogens is 4. The van der Waals surface area contributed by atoms with Crippen molar-refractivity contribution in [1.82, 2.24) is 24.9 Å². The first-order valence-corrected chi connectivity index (χ1v) is 8.47. The minimum atomic E-state index is -4.77. The van der Waals surface area contributed by atoms with Crippen molar-refractivity contribution in [1.29, 1.82) is 0 Å². The highest BCUT2D eigenvalue weighted by Crippen LogP contribution is 2.28. The highest BCUT2D eigenvalue weighted by Gasteiger charge is 2.18. The van der Waals surface area contributed by atoms with Gasteiger partial charge >= 0.3 is 18.2 Å². The molecule has 0 bridgehead atoms. The Hall–Kier alpha value is -3.46. The van der Waals surface area contributed by atoms with E-state index in [9.17, 15) is 30.5 Å². The fraction of sp³-hybridized carbons (Fsp3) is 0. The zero-order chi connectivity index (χ0) is 20.5. The van der Waals surface area contributed by atoms with Crippen LogP contribution in [0.5, 0.6) is 0 Å². The molecule has 0 amide bonds. The van der Waals surface area contributed by atoms with Gasteiger partial charge in [0, 0.05) is 11.8 Å². The first-order chi connectivity index (χ1) is 13.1. The average Bonchev–Trinajstić information content (AvgIpc) is 2.51. The lowest BCUT2D eigenvalue weighted by Gasteiger charge is -2.12. The zero-order valence-corrected chi connectivity index (χ0v) is 14.0. The first kappa shape index (κ1) is 19.3. The molecule has 0 saturated heterocycles. The fourth-order valence-corrected chi connectivity index (χ4v) is 2.66. The number of hydrogen-bond donors (Lipinski definition) is 3. The van der Waals surface area contributed by atoms with E-state index in [-0.39, 0.29) is 11.5 Å². The molecule has 0 spiro atoms. The van der Waals surface area contributed by atoms with Gasteiger partial charge in [-0.25, -0.2) is 0 Å². The van der Waals surface area contributed by atoms with Crippen molar-refractivity contribution in [3.05, 3.63) is 48.4 Å². The van der Waals surface area contributed by atoms with E-state index in [0.29, 0.717) is 0 Å². The molecule has 0 atom stereocenters. The molecule has 1 aromatic carbocycles. The lowest BCUT2D eigenvalue weighted by molar-refractivity contribution is 0.458. The van der Waals surface area contributed by atoms with Crippen LogP contribution in [0.2, 0.25) is 0 Å². The van der Waals surface area contributed by atoms with E-state index in [1.54, 1.807) is 0 Å². The van der Waals surface area contributed by atoms with Crippen LogP contribution in [0.1, 0.15) is 0 Å². The van der Waals surface area contributed by atoms with Gasteiger partial charge < -0.3 is 10.6 Å². The number of benzene rings is 1. The van der Waals surface area contributed by atoms with Crippen LogP contribution in [0.4, 0.5) is 40.7 Å². The molecule has 0 aliphatic rings. The lowest BCUT2D eigenvalue weighted by atomic mass is 10.2. The van der Waals surface area contributed by atoms with Crippen LogP contribution in [0.15, 0.2) is 29.2 Å². The molecule has 2 aromatic heterocycles. The van der Waals surface area contributed by atoms with E-state index in [2.05, 4.69) is 35.6 Å². The third-order valence-electron chi connectivity index (χ3n) is 3.02. The Morgan fingerprint density at radius 2 is 1.46 bits per heavy atom. The summed E-state index contributed by atoms with van der Waals surface area (Å²) in [6.45, 7) is 0. The highest BCUT2D eigenvalue weighted by atomic mass is 32.2. The van der Waals surface area contributed by atoms with Gasteiger partial charge in [-0.15, -0.1) is 0 Å². The highest BCUT2D eigenvalue weighted by molar-refractivity contribution is 7.86. The van der Waals surface area contributed by atoms with Crippen LogP contribution in [-0.2, 0) is 10.1 Å². The van der Waals surface area contributed by atoms with E-state index in [4.69, 9.17) is 0 Å². The molecule has 3 aromatic rings. The number of nitrogens with one attached hydrogen (secondary N) is 2. The summed E-state index contributed by atoms with van der Waals surface area (Å²) >= 11 is 0. The Morgan fingerprint density at radius 1 is 0.821 bits per heavy atom. The molecule has 10 nitrogen and oxygen atoms in total. The molecule has 2 heterocycles. The molecular weight excluding hydrogens is 410 g/mol. The van der Waals surface area contributed by atoms with Gasteiger partial charge in [0.25, 0.3) is 10.1 Å². The monoisotopic (exact) mass is 417 g/mol. The Bertz CT molecular complexity index is 1120. The van der Waals surface area contributed by atoms with E-state index in [0.717, 1.165) is 24.3 Å². The third kappa shape index (κ3) is 4.63. The predicted molar refractivity (Wildman–Crippen MR) is 84.5 cm³/mol. The average molecular weight is 417 g/mol. The maximum absolute atomic E-state index is 13.1. The molecule has 0 saturated carbocycles. The lowest BCUT2D eigenvalue weighted by Crippen LogP contribution is -2.08. The molecule has 0 radical (unpaired) electrons. The Kier molecular flexibility index (Phi) is 5.02. The Balaban J connectivity index is 2.01. The quantitative estimate of drug-likeness (QED) is 0.244. The summed E-state index contributed by atoms with van der Waals surface area (Å²) in [5.41, 5.74) is -0.380. The van der Waals surface area contributed by atoms with Gasteiger partial charge in [-0.05, 0) is 18.2 Å². The second kappa shape index (κ2) is 7.28. The van der Waals surface area contributed by atoms with Gasteiger partial charge in [0.2, 0.25) is 11.9 Å². The van der Waals surface area contributed by atoms with Crippen LogP contribution in [0.3, 0.4) is 0 Å². The molecule has 0 fully saturated rings. The van der Waals surface area contributed by atoms with E-state index < -0.39 is 50.8 Å². The number of hydrogen-bond acceptors (Lipinski definition) is 9. The molecule has 28 heavy (non-hydrogen) atoms. The summed E-state index contributed by atoms with van der Waals surface area (Å²) in [4.78, 5) is 14.3. The van der Waals surface area contributed by atoms with Crippen molar-refractivity contribution in [2.75, 3.05) is 10.6 Å². The summed E-state index contributed by atoms with van der Waals surface area (Å²) in [5.74, 6) is -2.18. The predicted octanol–water partition coefficient (Wildman–Crippen LogP) is 1.95. The second-order valence-electron chi connectivity index (χ2n) is 4.98. The molecule has 0 aliphatic heterocycles. The summed E-state index contributed by atoms with van der Waals surface area (Å²) in [7, 11) is -4.77. The van der Waals surface area contributed by atoms with Crippen molar-refractivity contribution in [3.8, 4) is 0 Å². The Morgan fingerprint density at radius 3 is 2.07 bits per heavy atom. The largest absolute Gasteiger partial charge is 0.340 e. The normalized spacial score (nSPS) is 11.3. The van der Waals surface area contributed by atoms with Gasteiger partial charge in [0.05, 0.1) is 5.69 Å². The summed E-state index contributed by atoms with van der Waals surface area (Å²) in [6, 6.07) is 3.81. The van der Waals surface area contributed by atoms with Gasteiger partial charge in [-0.1, -0.05) is 0 Å². The fourth-order valence-electron chi connectivity index (χ4n) is 2.03. The zero-order valence-electron chi connectivity index (χ0n) is 13.2. The van der Waals surface area contributed by atoms with Crippen molar-refractivity contribution >= 4 is 33.3 Å². The molecule has 3 N–H and O–H groups in total. The standard InChI is InChI=1S/C13H7F4N7O3S/c14-8-4-9(21-10(15)20-8)18-5-1-2-7(28(25,26)27)6(3-5)19-13-23-11(16)22-12(17)24-13/h1-4H,(H,18,20,21)(H,25,26,27)(H,19,22,23,24). The molecular formula is C13H7F4N7O3S. The minimum Gasteiger partial charge on any atom is -0.340 e. The summed E-state index contributed by atoms with van der Waals surface area (Å²) in [5, 5.41) is 4.67. The number of aromatic nitrogens is 5. The topological polar surface area (TPSA) is 143 Å². The van der Waals surface area contributed by atoms with Gasteiger partial charge in [-0.2, -0.15) is 50.9 Å². The summed E-state index contributed by atoms with van der Waals surface area (Å²) in [6.07, 6.45) is -4.32.